The highest BCUT2D eigenvalue weighted by molar-refractivity contribution is 6.10. The Morgan fingerprint density at radius 1 is 1.18 bits per heavy atom. The summed E-state index contributed by atoms with van der Waals surface area (Å²) in [5.74, 6) is -0.543. The van der Waals surface area contributed by atoms with Gasteiger partial charge in [-0.25, -0.2) is 0 Å². The van der Waals surface area contributed by atoms with Gasteiger partial charge in [0.1, 0.15) is 6.04 Å². The van der Waals surface area contributed by atoms with Crippen LogP contribution in [0.3, 0.4) is 0 Å². The maximum Gasteiger partial charge on any atom is 0.271 e. The van der Waals surface area contributed by atoms with Crippen molar-refractivity contribution < 1.29 is 19.3 Å². The average Bonchev–Trinajstić information content (AvgIpc) is 3.45. The van der Waals surface area contributed by atoms with Crippen LogP contribution in [0, 0.1) is 45.6 Å². The lowest BCUT2D eigenvalue weighted by molar-refractivity contribution is -0.384. The SMILES string of the molecule is C[C@H](C(=O)Nc1cccc([N+](=O)[O-])c1)N1C(=O)[C@@H]2[C@H]3C=C[C@@H]([C@@H]4C[C@@H]34)[C@@H]2C1=O. The van der Waals surface area contributed by atoms with E-state index < -0.39 is 16.9 Å². The zero-order valence-corrected chi connectivity index (χ0v) is 15.1. The van der Waals surface area contributed by atoms with Crippen molar-refractivity contribution in [1.82, 2.24) is 4.90 Å². The summed E-state index contributed by atoms with van der Waals surface area (Å²) in [5, 5.41) is 13.5. The van der Waals surface area contributed by atoms with Gasteiger partial charge in [-0.15, -0.1) is 0 Å². The Morgan fingerprint density at radius 2 is 1.79 bits per heavy atom. The third-order valence-electron chi connectivity index (χ3n) is 6.79. The third-order valence-corrected chi connectivity index (χ3v) is 6.79. The van der Waals surface area contributed by atoms with Crippen LogP contribution in [-0.4, -0.2) is 33.6 Å². The molecule has 8 nitrogen and oxygen atoms in total. The first-order valence-corrected chi connectivity index (χ1v) is 9.49. The minimum atomic E-state index is -0.972. The molecule has 1 aliphatic heterocycles. The molecule has 1 aromatic rings. The summed E-state index contributed by atoms with van der Waals surface area (Å²) in [7, 11) is 0. The largest absolute Gasteiger partial charge is 0.324 e. The Labute approximate surface area is 160 Å². The number of amides is 3. The maximum absolute atomic E-state index is 13.0. The number of nitrogens with zero attached hydrogens (tertiary/aromatic N) is 2. The Hall–Kier alpha value is -3.03. The maximum atomic E-state index is 13.0. The molecule has 8 heteroatoms. The Morgan fingerprint density at radius 3 is 2.36 bits per heavy atom. The van der Waals surface area contributed by atoms with Crippen molar-refractivity contribution in [3.05, 3.63) is 46.5 Å². The molecule has 4 aliphatic carbocycles. The first-order chi connectivity index (χ1) is 13.4. The van der Waals surface area contributed by atoms with Crippen molar-refractivity contribution in [3.8, 4) is 0 Å². The van der Waals surface area contributed by atoms with Crippen molar-refractivity contribution in [2.45, 2.75) is 19.4 Å². The molecule has 0 unspecified atom stereocenters. The van der Waals surface area contributed by atoms with Gasteiger partial charge >= 0.3 is 0 Å². The van der Waals surface area contributed by atoms with Crippen LogP contribution in [0.4, 0.5) is 11.4 Å². The van der Waals surface area contributed by atoms with Crippen LogP contribution in [-0.2, 0) is 14.4 Å². The molecule has 1 N–H and O–H groups in total. The fraction of sp³-hybridized carbons (Fsp3) is 0.450. The van der Waals surface area contributed by atoms with Gasteiger partial charge in [0.25, 0.3) is 5.69 Å². The van der Waals surface area contributed by atoms with E-state index in [9.17, 15) is 24.5 Å². The number of nitro benzene ring substituents is 1. The fourth-order valence-corrected chi connectivity index (χ4v) is 5.42. The van der Waals surface area contributed by atoms with Crippen molar-refractivity contribution >= 4 is 29.1 Å². The van der Waals surface area contributed by atoms with E-state index >= 15 is 0 Å². The molecule has 28 heavy (non-hydrogen) atoms. The van der Waals surface area contributed by atoms with E-state index in [1.165, 1.54) is 31.2 Å². The molecule has 144 valence electrons. The number of carbonyl (C=O) groups excluding carboxylic acids is 3. The van der Waals surface area contributed by atoms with Gasteiger partial charge < -0.3 is 5.32 Å². The van der Waals surface area contributed by atoms with Gasteiger partial charge in [0.05, 0.1) is 16.8 Å². The molecule has 2 saturated carbocycles. The van der Waals surface area contributed by atoms with Crippen LogP contribution in [0.5, 0.6) is 0 Å². The number of hydrogen-bond donors (Lipinski definition) is 1. The van der Waals surface area contributed by atoms with Crippen molar-refractivity contribution in [3.63, 3.8) is 0 Å². The van der Waals surface area contributed by atoms with E-state index in [0.717, 1.165) is 11.3 Å². The number of nitro groups is 1. The molecule has 1 saturated heterocycles. The van der Waals surface area contributed by atoms with Gasteiger partial charge in [-0.2, -0.15) is 0 Å². The van der Waals surface area contributed by atoms with Crippen molar-refractivity contribution in [2.24, 2.45) is 35.5 Å². The fourth-order valence-electron chi connectivity index (χ4n) is 5.42. The van der Waals surface area contributed by atoms with E-state index in [4.69, 9.17) is 0 Å². The second-order valence-electron chi connectivity index (χ2n) is 8.17. The highest BCUT2D eigenvalue weighted by Crippen LogP contribution is 2.65. The van der Waals surface area contributed by atoms with E-state index in [0.29, 0.717) is 11.8 Å². The molecule has 0 spiro atoms. The number of likely N-dealkylation sites (tertiary alicyclic amines) is 1. The lowest BCUT2D eigenvalue weighted by Crippen LogP contribution is -2.46. The summed E-state index contributed by atoms with van der Waals surface area (Å²) in [6.07, 6.45) is 5.25. The number of hydrogen-bond acceptors (Lipinski definition) is 5. The number of non-ortho nitro benzene ring substituents is 1. The lowest BCUT2D eigenvalue weighted by atomic mass is 9.63. The first-order valence-electron chi connectivity index (χ1n) is 9.49. The van der Waals surface area contributed by atoms with E-state index in [1.54, 1.807) is 0 Å². The van der Waals surface area contributed by atoms with E-state index in [-0.39, 0.29) is 46.9 Å². The smallest absolute Gasteiger partial charge is 0.271 e. The highest BCUT2D eigenvalue weighted by Gasteiger charge is 2.67. The third kappa shape index (κ3) is 2.26. The molecule has 6 rings (SSSR count). The van der Waals surface area contributed by atoms with Crippen molar-refractivity contribution in [2.75, 3.05) is 5.32 Å². The minimum Gasteiger partial charge on any atom is -0.324 e. The van der Waals surface area contributed by atoms with Gasteiger partial charge in [0.2, 0.25) is 17.7 Å². The molecule has 0 aromatic heterocycles. The van der Waals surface area contributed by atoms with Crippen LogP contribution in [0.25, 0.3) is 0 Å². The Balaban J connectivity index is 1.36. The number of rotatable bonds is 4. The van der Waals surface area contributed by atoms with Gasteiger partial charge in [-0.3, -0.25) is 29.4 Å². The summed E-state index contributed by atoms with van der Waals surface area (Å²) in [5.41, 5.74) is 0.109. The summed E-state index contributed by atoms with van der Waals surface area (Å²) in [4.78, 5) is 50.2. The second kappa shape index (κ2) is 5.73. The Kier molecular flexibility index (Phi) is 3.50. The van der Waals surface area contributed by atoms with Crippen LogP contribution in [0.15, 0.2) is 36.4 Å². The minimum absolute atomic E-state index is 0.105. The van der Waals surface area contributed by atoms with Crippen LogP contribution in [0.2, 0.25) is 0 Å². The zero-order chi connectivity index (χ0) is 19.7. The van der Waals surface area contributed by atoms with Gasteiger partial charge in [0.15, 0.2) is 0 Å². The summed E-state index contributed by atoms with van der Waals surface area (Å²) >= 11 is 0. The zero-order valence-electron chi connectivity index (χ0n) is 15.1. The standard InChI is InChI=1S/C20H19N3O5/c1-9(18(24)21-10-3-2-4-11(7-10)23(27)28)22-19(25)16-12-5-6-13(15-8-14(12)15)17(16)20(22)26/h2-7,9,12-17H,8H2,1H3,(H,21,24)/t9-,12+,13+,14+,15+,16-,17+/m1/s1. The van der Waals surface area contributed by atoms with Gasteiger partial charge in [-0.05, 0) is 43.1 Å². The number of nitrogens with one attached hydrogen (secondary N) is 1. The molecule has 1 aromatic carbocycles. The number of benzene rings is 1. The average molecular weight is 381 g/mol. The van der Waals surface area contributed by atoms with E-state index in [2.05, 4.69) is 17.5 Å². The van der Waals surface area contributed by atoms with Crippen LogP contribution in [0.1, 0.15) is 13.3 Å². The van der Waals surface area contributed by atoms with Crippen LogP contribution < -0.4 is 5.32 Å². The summed E-state index contributed by atoms with van der Waals surface area (Å²) in [6, 6.07) is 4.60. The number of allylic oxidation sites excluding steroid dienone is 2. The number of imide groups is 1. The molecular weight excluding hydrogens is 362 g/mol. The molecule has 7 atom stereocenters. The predicted octanol–water partition coefficient (Wildman–Crippen LogP) is 1.97. The number of anilines is 1. The summed E-state index contributed by atoms with van der Waals surface area (Å²) in [6.45, 7) is 1.52. The monoisotopic (exact) mass is 381 g/mol. The molecule has 3 fully saturated rings. The molecule has 2 bridgehead atoms. The normalized spacial score (nSPS) is 35.4. The Bertz CT molecular complexity index is 921. The van der Waals surface area contributed by atoms with Crippen molar-refractivity contribution in [1.29, 1.82) is 0 Å². The van der Waals surface area contributed by atoms with E-state index in [1.807, 2.05) is 0 Å². The summed E-state index contributed by atoms with van der Waals surface area (Å²) < 4.78 is 0. The van der Waals surface area contributed by atoms with Gasteiger partial charge in [0, 0.05) is 17.8 Å². The molecule has 0 radical (unpaired) electrons. The second-order valence-corrected chi connectivity index (χ2v) is 8.17. The predicted molar refractivity (Wildman–Crippen MR) is 97.7 cm³/mol. The molecule has 3 amide bonds. The quantitative estimate of drug-likeness (QED) is 0.371. The first kappa shape index (κ1) is 17.1. The topological polar surface area (TPSA) is 110 Å². The van der Waals surface area contributed by atoms with Crippen LogP contribution >= 0.6 is 0 Å². The highest BCUT2D eigenvalue weighted by atomic mass is 16.6. The lowest BCUT2D eigenvalue weighted by Gasteiger charge is -2.37. The molecule has 5 aliphatic rings. The molecular formula is C20H19N3O5. The van der Waals surface area contributed by atoms with Gasteiger partial charge in [-0.1, -0.05) is 18.2 Å². The number of carbonyl (C=O) groups is 3. The molecule has 1 heterocycles.